The Morgan fingerprint density at radius 3 is 2.38 bits per heavy atom. The highest BCUT2D eigenvalue weighted by Gasteiger charge is 1.95. The van der Waals surface area contributed by atoms with Gasteiger partial charge in [0.05, 0.1) is 0 Å². The lowest BCUT2D eigenvalue weighted by atomic mass is 10.0. The summed E-state index contributed by atoms with van der Waals surface area (Å²) in [7, 11) is 0. The summed E-state index contributed by atoms with van der Waals surface area (Å²) in [6.45, 7) is 8.76. The van der Waals surface area contributed by atoms with Crippen LogP contribution in [0.3, 0.4) is 0 Å². The zero-order valence-electron chi connectivity index (χ0n) is 11.3. The van der Waals surface area contributed by atoms with E-state index < -0.39 is 0 Å². The fraction of sp³-hybridized carbons (Fsp3) is 0.667. The van der Waals surface area contributed by atoms with Gasteiger partial charge < -0.3 is 0 Å². The fourth-order valence-electron chi connectivity index (χ4n) is 1.64. The lowest BCUT2D eigenvalue weighted by molar-refractivity contribution is -0.104. The van der Waals surface area contributed by atoms with Gasteiger partial charge in [-0.2, -0.15) is 0 Å². The molecule has 0 fully saturated rings. The summed E-state index contributed by atoms with van der Waals surface area (Å²) >= 11 is 0. The van der Waals surface area contributed by atoms with E-state index in [2.05, 4.69) is 26.8 Å². The average Bonchev–Trinajstić information content (AvgIpc) is 2.17. The molecule has 16 heavy (non-hydrogen) atoms. The number of carbonyl (C=O) groups excluding carboxylic acids is 1. The van der Waals surface area contributed by atoms with Crippen LogP contribution in [0.25, 0.3) is 0 Å². The van der Waals surface area contributed by atoms with Crippen molar-refractivity contribution in [1.82, 2.24) is 0 Å². The van der Waals surface area contributed by atoms with Crippen molar-refractivity contribution >= 4 is 6.29 Å². The molecule has 0 spiro atoms. The molecule has 0 saturated heterocycles. The molecule has 92 valence electrons. The third kappa shape index (κ3) is 9.70. The van der Waals surface area contributed by atoms with E-state index in [9.17, 15) is 4.79 Å². The first-order valence-corrected chi connectivity index (χ1v) is 6.32. The lowest BCUT2D eigenvalue weighted by Crippen LogP contribution is -1.87. The Bertz CT molecular complexity index is 246. The Hall–Kier alpha value is -0.850. The molecule has 0 unspecified atom stereocenters. The molecule has 0 heterocycles. The van der Waals surface area contributed by atoms with Gasteiger partial charge in [-0.3, -0.25) is 4.79 Å². The zero-order chi connectivity index (χ0) is 12.4. The quantitative estimate of drug-likeness (QED) is 0.331. The van der Waals surface area contributed by atoms with Crippen LogP contribution in [0.5, 0.6) is 0 Å². The fourth-order valence-corrected chi connectivity index (χ4v) is 1.64. The first-order chi connectivity index (χ1) is 7.56. The van der Waals surface area contributed by atoms with Crippen molar-refractivity contribution in [2.45, 2.75) is 59.8 Å². The van der Waals surface area contributed by atoms with Crippen molar-refractivity contribution in [2.75, 3.05) is 0 Å². The van der Waals surface area contributed by atoms with E-state index in [4.69, 9.17) is 0 Å². The normalized spacial score (nSPS) is 13.3. The van der Waals surface area contributed by atoms with E-state index in [1.165, 1.54) is 30.4 Å². The molecular weight excluding hydrogens is 196 g/mol. The maximum absolute atomic E-state index is 10.2. The predicted molar refractivity (Wildman–Crippen MR) is 71.5 cm³/mol. The molecule has 0 aliphatic heterocycles. The van der Waals surface area contributed by atoms with Crippen LogP contribution in [0.1, 0.15) is 59.8 Å². The Labute approximate surface area is 101 Å². The van der Waals surface area contributed by atoms with Crippen molar-refractivity contribution in [1.29, 1.82) is 0 Å². The van der Waals surface area contributed by atoms with Gasteiger partial charge in [0, 0.05) is 0 Å². The summed E-state index contributed by atoms with van der Waals surface area (Å²) in [5.74, 6) is 0.811. The minimum absolute atomic E-state index is 0.811. The minimum atomic E-state index is 0.811. The standard InChI is InChI=1S/C15H26O/c1-13(2)7-5-8-14(3)9-6-10-15(4)11-12-16/h9,11-13H,5-8,10H2,1-4H3/b14-9-,15-11+. The van der Waals surface area contributed by atoms with Crippen LogP contribution in [0, 0.1) is 5.92 Å². The van der Waals surface area contributed by atoms with Crippen LogP contribution in [-0.4, -0.2) is 6.29 Å². The number of hydrogen-bond donors (Lipinski definition) is 0. The van der Waals surface area contributed by atoms with Gasteiger partial charge in [0.2, 0.25) is 0 Å². The van der Waals surface area contributed by atoms with Gasteiger partial charge >= 0.3 is 0 Å². The summed E-state index contributed by atoms with van der Waals surface area (Å²) in [4.78, 5) is 10.2. The van der Waals surface area contributed by atoms with Crippen LogP contribution in [0.2, 0.25) is 0 Å². The number of hydrogen-bond acceptors (Lipinski definition) is 1. The predicted octanol–water partition coefficient (Wildman–Crippen LogP) is 4.68. The van der Waals surface area contributed by atoms with E-state index in [0.717, 1.165) is 25.0 Å². The maximum atomic E-state index is 10.2. The second-order valence-electron chi connectivity index (χ2n) is 5.02. The summed E-state index contributed by atoms with van der Waals surface area (Å²) in [6, 6.07) is 0. The number of carbonyl (C=O) groups is 1. The van der Waals surface area contributed by atoms with Crippen molar-refractivity contribution in [3.63, 3.8) is 0 Å². The lowest BCUT2D eigenvalue weighted by Gasteiger charge is -2.04. The molecule has 0 bridgehead atoms. The molecule has 0 aliphatic carbocycles. The average molecular weight is 222 g/mol. The summed E-state index contributed by atoms with van der Waals surface area (Å²) in [6.07, 6.45) is 10.7. The van der Waals surface area contributed by atoms with Gasteiger partial charge in [0.1, 0.15) is 6.29 Å². The second-order valence-corrected chi connectivity index (χ2v) is 5.02. The molecule has 0 radical (unpaired) electrons. The number of aldehydes is 1. The van der Waals surface area contributed by atoms with Crippen LogP contribution < -0.4 is 0 Å². The van der Waals surface area contributed by atoms with E-state index in [-0.39, 0.29) is 0 Å². The minimum Gasteiger partial charge on any atom is -0.299 e. The van der Waals surface area contributed by atoms with Crippen LogP contribution in [0.4, 0.5) is 0 Å². The van der Waals surface area contributed by atoms with Gasteiger partial charge in [0.25, 0.3) is 0 Å². The SMILES string of the molecule is C/C(=C/CC/C(C)=C/C=O)CCCC(C)C. The first kappa shape index (κ1) is 15.2. The van der Waals surface area contributed by atoms with Gasteiger partial charge in [0.15, 0.2) is 0 Å². The van der Waals surface area contributed by atoms with Gasteiger partial charge in [-0.25, -0.2) is 0 Å². The van der Waals surface area contributed by atoms with Crippen LogP contribution in [0.15, 0.2) is 23.3 Å². The van der Waals surface area contributed by atoms with Gasteiger partial charge in [-0.05, 0) is 51.5 Å². The van der Waals surface area contributed by atoms with Crippen molar-refractivity contribution in [2.24, 2.45) is 5.92 Å². The molecule has 1 heteroatoms. The molecule has 0 amide bonds. The third-order valence-corrected chi connectivity index (χ3v) is 2.74. The molecule has 0 aromatic heterocycles. The Morgan fingerprint density at radius 1 is 1.12 bits per heavy atom. The van der Waals surface area contributed by atoms with Crippen LogP contribution >= 0.6 is 0 Å². The zero-order valence-corrected chi connectivity index (χ0v) is 11.3. The monoisotopic (exact) mass is 222 g/mol. The summed E-state index contributed by atoms with van der Waals surface area (Å²) in [5, 5.41) is 0. The van der Waals surface area contributed by atoms with Gasteiger partial charge in [-0.15, -0.1) is 0 Å². The van der Waals surface area contributed by atoms with Crippen molar-refractivity contribution in [3.05, 3.63) is 23.3 Å². The Balaban J connectivity index is 3.70. The smallest absolute Gasteiger partial charge is 0.142 e. The summed E-state index contributed by atoms with van der Waals surface area (Å²) in [5.41, 5.74) is 2.65. The molecule has 0 rings (SSSR count). The third-order valence-electron chi connectivity index (χ3n) is 2.74. The van der Waals surface area contributed by atoms with Crippen LogP contribution in [-0.2, 0) is 4.79 Å². The molecule has 0 saturated carbocycles. The maximum Gasteiger partial charge on any atom is 0.142 e. The van der Waals surface area contributed by atoms with Crippen molar-refractivity contribution in [3.8, 4) is 0 Å². The molecule has 0 aromatic carbocycles. The summed E-state index contributed by atoms with van der Waals surface area (Å²) < 4.78 is 0. The topological polar surface area (TPSA) is 17.1 Å². The molecule has 0 atom stereocenters. The Kier molecular flexibility index (Phi) is 8.88. The largest absolute Gasteiger partial charge is 0.299 e. The van der Waals surface area contributed by atoms with E-state index in [0.29, 0.717) is 0 Å². The molecule has 0 aliphatic rings. The number of rotatable bonds is 8. The van der Waals surface area contributed by atoms with Crippen molar-refractivity contribution < 1.29 is 4.79 Å². The molecular formula is C15H26O. The number of allylic oxidation sites excluding steroid dienone is 4. The highest BCUT2D eigenvalue weighted by molar-refractivity contribution is 5.65. The highest BCUT2D eigenvalue weighted by Crippen LogP contribution is 2.13. The molecule has 1 nitrogen and oxygen atoms in total. The molecule has 0 N–H and O–H groups in total. The Morgan fingerprint density at radius 2 is 1.81 bits per heavy atom. The molecule has 0 aromatic rings. The van der Waals surface area contributed by atoms with Gasteiger partial charge in [-0.1, -0.05) is 37.5 Å². The first-order valence-electron chi connectivity index (χ1n) is 6.32. The van der Waals surface area contributed by atoms with E-state index >= 15 is 0 Å². The van der Waals surface area contributed by atoms with E-state index in [1.54, 1.807) is 6.08 Å². The highest BCUT2D eigenvalue weighted by atomic mass is 16.1. The van der Waals surface area contributed by atoms with E-state index in [1.807, 2.05) is 6.92 Å². The second kappa shape index (κ2) is 9.38.